The summed E-state index contributed by atoms with van der Waals surface area (Å²) < 4.78 is 0. The maximum atomic E-state index is 12.8. The average Bonchev–Trinajstić information content (AvgIpc) is 3.36. The second kappa shape index (κ2) is 11.4. The largest absolute Gasteiger partial charge is 0.349 e. The molecule has 5 heteroatoms. The molecule has 0 heterocycles. The summed E-state index contributed by atoms with van der Waals surface area (Å²) >= 11 is 0. The normalized spacial score (nSPS) is 14.5. The molecule has 33 heavy (non-hydrogen) atoms. The Bertz CT molecular complexity index is 1050. The van der Waals surface area contributed by atoms with Crippen molar-refractivity contribution in [1.29, 1.82) is 0 Å². The van der Waals surface area contributed by atoms with E-state index in [0.717, 1.165) is 37.7 Å². The Morgan fingerprint density at radius 3 is 2.18 bits per heavy atom. The van der Waals surface area contributed by atoms with Crippen LogP contribution in [0.2, 0.25) is 0 Å². The van der Waals surface area contributed by atoms with Crippen molar-refractivity contribution < 1.29 is 9.59 Å². The Morgan fingerprint density at radius 2 is 1.45 bits per heavy atom. The maximum absolute atomic E-state index is 12.8. The van der Waals surface area contributed by atoms with E-state index < -0.39 is 0 Å². The minimum Gasteiger partial charge on any atom is -0.349 e. The van der Waals surface area contributed by atoms with Crippen molar-refractivity contribution in [3.8, 4) is 0 Å². The summed E-state index contributed by atoms with van der Waals surface area (Å²) in [6.45, 7) is 0.144. The lowest BCUT2D eigenvalue weighted by atomic mass is 9.99. The Morgan fingerprint density at radius 1 is 0.818 bits per heavy atom. The zero-order valence-electron chi connectivity index (χ0n) is 18.8. The molecular formula is C28H31N3O2. The van der Waals surface area contributed by atoms with Crippen LogP contribution in [0, 0.1) is 0 Å². The van der Waals surface area contributed by atoms with Gasteiger partial charge in [-0.05, 0) is 42.5 Å². The van der Waals surface area contributed by atoms with Crippen LogP contribution in [-0.4, -0.2) is 24.4 Å². The molecule has 2 amide bonds. The van der Waals surface area contributed by atoms with Crippen molar-refractivity contribution in [3.05, 3.63) is 102 Å². The second-order valence-electron chi connectivity index (χ2n) is 8.58. The molecule has 1 aliphatic rings. The van der Waals surface area contributed by atoms with Crippen LogP contribution in [0.15, 0.2) is 84.9 Å². The van der Waals surface area contributed by atoms with Crippen molar-refractivity contribution in [2.75, 3.05) is 11.9 Å². The van der Waals surface area contributed by atoms with E-state index in [-0.39, 0.29) is 30.4 Å². The third-order valence-electron chi connectivity index (χ3n) is 6.13. The smallest absolute Gasteiger partial charge is 0.253 e. The van der Waals surface area contributed by atoms with Gasteiger partial charge in [0.2, 0.25) is 5.91 Å². The van der Waals surface area contributed by atoms with Crippen molar-refractivity contribution in [2.24, 2.45) is 0 Å². The van der Waals surface area contributed by atoms with Crippen LogP contribution >= 0.6 is 0 Å². The molecule has 1 fully saturated rings. The molecule has 4 rings (SSSR count). The number of rotatable bonds is 9. The highest BCUT2D eigenvalue weighted by Gasteiger charge is 2.20. The molecule has 0 aromatic heterocycles. The van der Waals surface area contributed by atoms with Gasteiger partial charge in [-0.15, -0.1) is 0 Å². The van der Waals surface area contributed by atoms with Gasteiger partial charge in [0.15, 0.2) is 0 Å². The number of carbonyl (C=O) groups excluding carboxylic acids is 2. The molecule has 0 saturated heterocycles. The van der Waals surface area contributed by atoms with Crippen LogP contribution in [0.3, 0.4) is 0 Å². The number of amides is 2. The first-order valence-corrected chi connectivity index (χ1v) is 11.7. The molecule has 0 bridgehead atoms. The van der Waals surface area contributed by atoms with Gasteiger partial charge in [0, 0.05) is 12.1 Å². The molecule has 1 atom stereocenters. The van der Waals surface area contributed by atoms with Crippen LogP contribution in [0.4, 0.5) is 5.69 Å². The third-order valence-corrected chi connectivity index (χ3v) is 6.13. The molecule has 0 spiro atoms. The van der Waals surface area contributed by atoms with Crippen LogP contribution in [0.1, 0.15) is 53.2 Å². The predicted molar refractivity (Wildman–Crippen MR) is 132 cm³/mol. The number of hydrogen-bond donors (Lipinski definition) is 3. The molecule has 170 valence electrons. The third kappa shape index (κ3) is 6.53. The minimum atomic E-state index is -0.176. The predicted octanol–water partition coefficient (Wildman–Crippen LogP) is 4.87. The minimum absolute atomic E-state index is 0.000240. The van der Waals surface area contributed by atoms with E-state index in [4.69, 9.17) is 0 Å². The fraction of sp³-hybridized carbons (Fsp3) is 0.286. The molecule has 0 aliphatic heterocycles. The van der Waals surface area contributed by atoms with Crippen molar-refractivity contribution in [1.82, 2.24) is 10.6 Å². The fourth-order valence-corrected chi connectivity index (χ4v) is 4.38. The van der Waals surface area contributed by atoms with Crippen LogP contribution in [0.25, 0.3) is 0 Å². The van der Waals surface area contributed by atoms with Gasteiger partial charge in [-0.3, -0.25) is 9.59 Å². The first-order valence-electron chi connectivity index (χ1n) is 11.7. The van der Waals surface area contributed by atoms with E-state index in [1.165, 1.54) is 5.56 Å². The van der Waals surface area contributed by atoms with Gasteiger partial charge in [-0.1, -0.05) is 85.6 Å². The molecule has 1 aliphatic carbocycles. The van der Waals surface area contributed by atoms with Gasteiger partial charge in [0.25, 0.3) is 5.91 Å². The van der Waals surface area contributed by atoms with Crippen molar-refractivity contribution in [2.45, 2.75) is 44.2 Å². The molecule has 3 N–H and O–H groups in total. The first-order chi connectivity index (χ1) is 16.2. The highest BCUT2D eigenvalue weighted by Crippen LogP contribution is 2.21. The van der Waals surface area contributed by atoms with Gasteiger partial charge in [-0.25, -0.2) is 0 Å². The van der Waals surface area contributed by atoms with Crippen molar-refractivity contribution in [3.63, 3.8) is 0 Å². The van der Waals surface area contributed by atoms with E-state index in [1.807, 2.05) is 48.5 Å². The van der Waals surface area contributed by atoms with Gasteiger partial charge < -0.3 is 16.0 Å². The molecule has 3 aromatic carbocycles. The maximum Gasteiger partial charge on any atom is 0.253 e. The summed E-state index contributed by atoms with van der Waals surface area (Å²) in [6, 6.07) is 27.8. The Hall–Kier alpha value is -3.44. The molecule has 5 nitrogen and oxygen atoms in total. The Labute approximate surface area is 195 Å². The van der Waals surface area contributed by atoms with Gasteiger partial charge in [0.1, 0.15) is 0 Å². The Kier molecular flexibility index (Phi) is 7.88. The van der Waals surface area contributed by atoms with Gasteiger partial charge >= 0.3 is 0 Å². The van der Waals surface area contributed by atoms with E-state index in [9.17, 15) is 9.59 Å². The summed E-state index contributed by atoms with van der Waals surface area (Å²) in [5.41, 5.74) is 3.37. The van der Waals surface area contributed by atoms with Crippen LogP contribution in [-0.2, 0) is 11.2 Å². The molecule has 1 unspecified atom stereocenters. The molecule has 3 aromatic rings. The highest BCUT2D eigenvalue weighted by molar-refractivity contribution is 6.04. The van der Waals surface area contributed by atoms with E-state index in [0.29, 0.717) is 11.3 Å². The summed E-state index contributed by atoms with van der Waals surface area (Å²) in [5, 5.41) is 9.43. The zero-order valence-corrected chi connectivity index (χ0v) is 18.8. The van der Waals surface area contributed by atoms with Crippen LogP contribution in [0.5, 0.6) is 0 Å². The lowest BCUT2D eigenvalue weighted by Crippen LogP contribution is -2.35. The quantitative estimate of drug-likeness (QED) is 0.444. The van der Waals surface area contributed by atoms with Crippen molar-refractivity contribution >= 4 is 17.5 Å². The number of para-hydroxylation sites is 1. The van der Waals surface area contributed by atoms with E-state index >= 15 is 0 Å². The lowest BCUT2D eigenvalue weighted by molar-refractivity contribution is -0.115. The number of anilines is 1. The summed E-state index contributed by atoms with van der Waals surface area (Å²) in [7, 11) is 0. The SMILES string of the molecule is O=C(CNC(Cc1ccccc1)c1ccccc1)Nc1ccccc1C(=O)NC1CCCC1. The lowest BCUT2D eigenvalue weighted by Gasteiger charge is -2.20. The number of carbonyl (C=O) groups is 2. The monoisotopic (exact) mass is 441 g/mol. The number of nitrogens with one attached hydrogen (secondary N) is 3. The summed E-state index contributed by atoms with van der Waals surface area (Å²) in [5.74, 6) is -0.304. The Balaban J connectivity index is 1.39. The summed E-state index contributed by atoms with van der Waals surface area (Å²) in [6.07, 6.45) is 5.12. The average molecular weight is 442 g/mol. The van der Waals surface area contributed by atoms with Gasteiger partial charge in [-0.2, -0.15) is 0 Å². The summed E-state index contributed by atoms with van der Waals surface area (Å²) in [4.78, 5) is 25.6. The highest BCUT2D eigenvalue weighted by atomic mass is 16.2. The standard InChI is InChI=1S/C28H31N3O2/c32-27(31-25-18-10-9-17-24(25)28(33)30-23-15-7-8-16-23)20-29-26(22-13-5-2-6-14-22)19-21-11-3-1-4-12-21/h1-6,9-14,17-18,23,26,29H,7-8,15-16,19-20H2,(H,30,33)(H,31,32). The second-order valence-corrected chi connectivity index (χ2v) is 8.58. The topological polar surface area (TPSA) is 70.2 Å². The molecular weight excluding hydrogens is 410 g/mol. The first kappa shape index (κ1) is 22.7. The van der Waals surface area contributed by atoms with E-state index in [1.54, 1.807) is 12.1 Å². The number of hydrogen-bond acceptors (Lipinski definition) is 3. The van der Waals surface area contributed by atoms with E-state index in [2.05, 4.69) is 40.2 Å². The zero-order chi connectivity index (χ0) is 22.9. The number of benzene rings is 3. The van der Waals surface area contributed by atoms with Crippen LogP contribution < -0.4 is 16.0 Å². The molecule has 0 radical (unpaired) electrons. The molecule has 1 saturated carbocycles. The fourth-order valence-electron chi connectivity index (χ4n) is 4.38. The van der Waals surface area contributed by atoms with Gasteiger partial charge in [0.05, 0.1) is 17.8 Å².